The van der Waals surface area contributed by atoms with Crippen LogP contribution in [-0.2, 0) is 0 Å². The molecule has 2 aromatic carbocycles. The van der Waals surface area contributed by atoms with Crippen LogP contribution in [-0.4, -0.2) is 35.0 Å². The maximum absolute atomic E-state index is 13.2. The lowest BCUT2D eigenvalue weighted by molar-refractivity contribution is 0.0577. The highest BCUT2D eigenvalue weighted by Gasteiger charge is 2.41. The third-order valence-electron chi connectivity index (χ3n) is 6.29. The Hall–Kier alpha value is -2.82. The van der Waals surface area contributed by atoms with E-state index in [0.29, 0.717) is 5.56 Å². The lowest BCUT2D eigenvalue weighted by Crippen LogP contribution is -2.59. The van der Waals surface area contributed by atoms with Crippen LogP contribution in [0.15, 0.2) is 48.5 Å². The predicted octanol–water partition coefficient (Wildman–Crippen LogP) is 4.65. The van der Waals surface area contributed by atoms with Crippen LogP contribution < -0.4 is 10.6 Å². The van der Waals surface area contributed by atoms with Gasteiger partial charge < -0.3 is 15.5 Å². The van der Waals surface area contributed by atoms with Crippen LogP contribution in [0.25, 0.3) is 0 Å². The van der Waals surface area contributed by atoms with Crippen molar-refractivity contribution in [3.8, 4) is 0 Å². The van der Waals surface area contributed by atoms with Crippen molar-refractivity contribution < 1.29 is 9.59 Å². The Morgan fingerprint density at radius 3 is 2.14 bits per heavy atom. The van der Waals surface area contributed by atoms with Gasteiger partial charge in [0.1, 0.15) is 0 Å². The van der Waals surface area contributed by atoms with Gasteiger partial charge in [0.05, 0.1) is 0 Å². The fraction of sp³-hybridized carbons (Fsp3) is 0.417. The number of urea groups is 1. The number of hydrogen-bond acceptors (Lipinski definition) is 2. The second-order valence-corrected chi connectivity index (χ2v) is 8.35. The molecule has 2 bridgehead atoms. The number of piperidine rings is 2. The summed E-state index contributed by atoms with van der Waals surface area (Å²) in [6, 6.07) is 15.8. The van der Waals surface area contributed by atoms with Crippen LogP contribution in [0, 0.1) is 13.8 Å². The van der Waals surface area contributed by atoms with Gasteiger partial charge in [0.25, 0.3) is 5.91 Å². The van der Waals surface area contributed by atoms with Crippen LogP contribution in [0.1, 0.15) is 53.6 Å². The third-order valence-corrected chi connectivity index (χ3v) is 6.29. The minimum absolute atomic E-state index is 0.00932. The van der Waals surface area contributed by atoms with Crippen molar-refractivity contribution in [3.05, 3.63) is 65.2 Å². The average Bonchev–Trinajstić information content (AvgIpc) is 2.70. The van der Waals surface area contributed by atoms with Gasteiger partial charge in [-0.05, 0) is 69.2 Å². The standard InChI is InChI=1S/C24H29N3O2/c1-16-8-6-9-17(2)22(16)26-24(29)27-20-12-7-13-21(27)15-19(14-20)25-23(28)18-10-4-3-5-11-18/h3-6,8-11,19-21H,7,12-15H2,1-2H3,(H,25,28)(H,26,29)/t20-,21-/m0/s1. The van der Waals surface area contributed by atoms with E-state index in [-0.39, 0.29) is 30.1 Å². The Kier molecular flexibility index (Phi) is 5.56. The van der Waals surface area contributed by atoms with Crippen LogP contribution in [0.2, 0.25) is 0 Å². The van der Waals surface area contributed by atoms with E-state index in [1.807, 2.05) is 67.3 Å². The van der Waals surface area contributed by atoms with Crippen molar-refractivity contribution in [2.45, 2.75) is 64.1 Å². The molecule has 0 radical (unpaired) electrons. The zero-order valence-electron chi connectivity index (χ0n) is 17.2. The van der Waals surface area contributed by atoms with Crippen LogP contribution in [0.5, 0.6) is 0 Å². The molecule has 29 heavy (non-hydrogen) atoms. The van der Waals surface area contributed by atoms with Gasteiger partial charge in [0.15, 0.2) is 0 Å². The van der Waals surface area contributed by atoms with E-state index in [2.05, 4.69) is 10.6 Å². The molecular weight excluding hydrogens is 362 g/mol. The summed E-state index contributed by atoms with van der Waals surface area (Å²) in [5, 5.41) is 6.35. The van der Waals surface area contributed by atoms with Gasteiger partial charge in [-0.3, -0.25) is 4.79 Å². The van der Waals surface area contributed by atoms with Crippen molar-refractivity contribution in [2.24, 2.45) is 0 Å². The third kappa shape index (κ3) is 4.14. The largest absolute Gasteiger partial charge is 0.349 e. The maximum atomic E-state index is 13.2. The first-order valence-corrected chi connectivity index (χ1v) is 10.5. The Balaban J connectivity index is 1.44. The number of para-hydroxylation sites is 1. The molecule has 3 amide bonds. The molecule has 2 atom stereocenters. The van der Waals surface area contributed by atoms with Gasteiger partial charge in [-0.2, -0.15) is 0 Å². The van der Waals surface area contributed by atoms with E-state index in [0.717, 1.165) is 48.9 Å². The van der Waals surface area contributed by atoms with Crippen molar-refractivity contribution in [1.29, 1.82) is 0 Å². The molecular formula is C24H29N3O2. The number of fused-ring (bicyclic) bond motifs is 2. The number of amides is 3. The number of aryl methyl sites for hydroxylation is 2. The Bertz CT molecular complexity index is 862. The van der Waals surface area contributed by atoms with Crippen molar-refractivity contribution in [2.75, 3.05) is 5.32 Å². The molecule has 4 rings (SSSR count). The Morgan fingerprint density at radius 1 is 0.897 bits per heavy atom. The second kappa shape index (κ2) is 8.27. The topological polar surface area (TPSA) is 61.4 Å². The molecule has 2 aliphatic heterocycles. The molecule has 2 aliphatic rings. The first kappa shape index (κ1) is 19.5. The lowest BCUT2D eigenvalue weighted by Gasteiger charge is -2.48. The SMILES string of the molecule is Cc1cccc(C)c1NC(=O)N1[C@H]2CCC[C@H]1CC(NC(=O)c1ccccc1)C2. The molecule has 0 spiro atoms. The quantitative estimate of drug-likeness (QED) is 0.800. The van der Waals surface area contributed by atoms with Crippen molar-refractivity contribution in [3.63, 3.8) is 0 Å². The Morgan fingerprint density at radius 2 is 1.52 bits per heavy atom. The lowest BCUT2D eigenvalue weighted by atomic mass is 9.82. The van der Waals surface area contributed by atoms with Gasteiger partial charge in [0, 0.05) is 29.4 Å². The minimum Gasteiger partial charge on any atom is -0.349 e. The fourth-order valence-electron chi connectivity index (χ4n) is 4.87. The smallest absolute Gasteiger partial charge is 0.322 e. The van der Waals surface area contributed by atoms with E-state index in [1.165, 1.54) is 0 Å². The number of nitrogens with zero attached hydrogens (tertiary/aromatic N) is 1. The summed E-state index contributed by atoms with van der Waals surface area (Å²) >= 11 is 0. The number of anilines is 1. The van der Waals surface area contributed by atoms with E-state index in [1.54, 1.807) is 0 Å². The van der Waals surface area contributed by atoms with Crippen LogP contribution in [0.4, 0.5) is 10.5 Å². The summed E-state index contributed by atoms with van der Waals surface area (Å²) in [4.78, 5) is 27.8. The highest BCUT2D eigenvalue weighted by molar-refractivity contribution is 5.94. The number of benzene rings is 2. The number of hydrogen-bond donors (Lipinski definition) is 2. The first-order valence-electron chi connectivity index (χ1n) is 10.5. The molecule has 2 N–H and O–H groups in total. The van der Waals surface area contributed by atoms with E-state index in [4.69, 9.17) is 0 Å². The zero-order chi connectivity index (χ0) is 20.4. The van der Waals surface area contributed by atoms with Gasteiger partial charge in [-0.25, -0.2) is 4.79 Å². The average molecular weight is 392 g/mol. The summed E-state index contributed by atoms with van der Waals surface area (Å²) in [5.74, 6) is -0.0258. The maximum Gasteiger partial charge on any atom is 0.322 e. The molecule has 152 valence electrons. The van der Waals surface area contributed by atoms with Crippen molar-refractivity contribution in [1.82, 2.24) is 10.2 Å². The highest BCUT2D eigenvalue weighted by Crippen LogP contribution is 2.35. The normalized spacial score (nSPS) is 23.4. The van der Waals surface area contributed by atoms with Crippen molar-refractivity contribution >= 4 is 17.6 Å². The van der Waals surface area contributed by atoms with Gasteiger partial charge in [-0.1, -0.05) is 36.4 Å². The summed E-state index contributed by atoms with van der Waals surface area (Å²) in [6.45, 7) is 4.05. The highest BCUT2D eigenvalue weighted by atomic mass is 16.2. The van der Waals surface area contributed by atoms with Gasteiger partial charge in [0.2, 0.25) is 0 Å². The molecule has 5 nitrogen and oxygen atoms in total. The monoisotopic (exact) mass is 391 g/mol. The van der Waals surface area contributed by atoms with E-state index >= 15 is 0 Å². The fourth-order valence-corrected chi connectivity index (χ4v) is 4.87. The van der Waals surface area contributed by atoms with Crippen LogP contribution in [0.3, 0.4) is 0 Å². The molecule has 2 fully saturated rings. The second-order valence-electron chi connectivity index (χ2n) is 8.35. The summed E-state index contributed by atoms with van der Waals surface area (Å²) < 4.78 is 0. The predicted molar refractivity (Wildman–Crippen MR) is 115 cm³/mol. The van der Waals surface area contributed by atoms with Gasteiger partial charge >= 0.3 is 6.03 Å². The number of rotatable bonds is 3. The number of carbonyl (C=O) groups excluding carboxylic acids is 2. The van der Waals surface area contributed by atoms with E-state index < -0.39 is 0 Å². The molecule has 2 heterocycles. The van der Waals surface area contributed by atoms with Gasteiger partial charge in [-0.15, -0.1) is 0 Å². The molecule has 2 saturated heterocycles. The van der Waals surface area contributed by atoms with E-state index in [9.17, 15) is 9.59 Å². The molecule has 0 unspecified atom stereocenters. The minimum atomic E-state index is -0.0258. The summed E-state index contributed by atoms with van der Waals surface area (Å²) in [5.41, 5.74) is 3.75. The summed E-state index contributed by atoms with van der Waals surface area (Å²) in [7, 11) is 0. The number of carbonyl (C=O) groups is 2. The molecule has 0 aliphatic carbocycles. The number of nitrogens with one attached hydrogen (secondary N) is 2. The summed E-state index contributed by atoms with van der Waals surface area (Å²) in [6.07, 6.45) is 4.76. The Labute approximate surface area is 172 Å². The first-order chi connectivity index (χ1) is 14.0. The molecule has 0 aromatic heterocycles. The molecule has 2 aromatic rings. The molecule has 0 saturated carbocycles. The zero-order valence-corrected chi connectivity index (χ0v) is 17.2. The molecule has 5 heteroatoms. The van der Waals surface area contributed by atoms with Crippen LogP contribution >= 0.6 is 0 Å².